The number of halogens is 1. The number of ether oxygens (including phenoxy) is 1. The maximum atomic E-state index is 15.7. The molecule has 2 aliphatic heterocycles. The molecule has 6 rings (SSSR count). The number of nitrogens with zero attached hydrogens (tertiary/aromatic N) is 4. The molecule has 0 bridgehead atoms. The fraction of sp³-hybridized carbons (Fsp3) is 0.382. The summed E-state index contributed by atoms with van der Waals surface area (Å²) in [6.07, 6.45) is 4.13. The molecular formula is C34H39FN6O4S. The maximum absolute atomic E-state index is 15.7. The molecule has 0 saturated carbocycles. The summed E-state index contributed by atoms with van der Waals surface area (Å²) in [5.41, 5.74) is 4.10. The summed E-state index contributed by atoms with van der Waals surface area (Å²) in [6, 6.07) is 13.2. The summed E-state index contributed by atoms with van der Waals surface area (Å²) >= 11 is 0. The van der Waals surface area contributed by atoms with Gasteiger partial charge < -0.3 is 19.9 Å². The fourth-order valence-corrected chi connectivity index (χ4v) is 6.90. The van der Waals surface area contributed by atoms with Crippen molar-refractivity contribution in [2.75, 3.05) is 54.1 Å². The van der Waals surface area contributed by atoms with Crippen molar-refractivity contribution >= 4 is 43.9 Å². The summed E-state index contributed by atoms with van der Waals surface area (Å²) in [5.74, 6) is -0.0569. The molecule has 0 radical (unpaired) electrons. The molecule has 0 aliphatic carbocycles. The van der Waals surface area contributed by atoms with Crippen molar-refractivity contribution in [1.29, 1.82) is 0 Å². The second-order valence-electron chi connectivity index (χ2n) is 12.8. The van der Waals surface area contributed by atoms with Crippen LogP contribution in [-0.4, -0.2) is 69.9 Å². The number of rotatable bonds is 10. The number of carbonyl (C=O) groups is 1. The third-order valence-electron chi connectivity index (χ3n) is 8.69. The van der Waals surface area contributed by atoms with Crippen molar-refractivity contribution in [2.24, 2.45) is 0 Å². The van der Waals surface area contributed by atoms with Gasteiger partial charge in [-0.25, -0.2) is 17.8 Å². The van der Waals surface area contributed by atoms with Crippen LogP contribution >= 0.6 is 0 Å². The van der Waals surface area contributed by atoms with Crippen LogP contribution in [0.4, 0.5) is 21.5 Å². The van der Waals surface area contributed by atoms with Crippen molar-refractivity contribution in [2.45, 2.75) is 45.1 Å². The third kappa shape index (κ3) is 5.75. The lowest BCUT2D eigenvalue weighted by Crippen LogP contribution is -2.64. The van der Waals surface area contributed by atoms with Crippen LogP contribution < -0.4 is 24.6 Å². The van der Waals surface area contributed by atoms with Crippen LogP contribution in [0.3, 0.4) is 0 Å². The summed E-state index contributed by atoms with van der Waals surface area (Å²) < 4.78 is 48.4. The van der Waals surface area contributed by atoms with Gasteiger partial charge in [-0.3, -0.25) is 14.5 Å². The van der Waals surface area contributed by atoms with Gasteiger partial charge in [0.2, 0.25) is 21.8 Å². The van der Waals surface area contributed by atoms with Crippen molar-refractivity contribution < 1.29 is 22.3 Å². The van der Waals surface area contributed by atoms with Crippen LogP contribution in [0.2, 0.25) is 0 Å². The molecule has 10 nitrogen and oxygen atoms in total. The fourth-order valence-electron chi connectivity index (χ4n) is 6.35. The number of carbonyl (C=O) groups excluding carboxylic acids is 1. The van der Waals surface area contributed by atoms with E-state index in [2.05, 4.69) is 63.0 Å². The van der Waals surface area contributed by atoms with Gasteiger partial charge in [0, 0.05) is 72.8 Å². The highest BCUT2D eigenvalue weighted by molar-refractivity contribution is 7.92. The highest BCUT2D eigenvalue weighted by Gasteiger charge is 2.58. The number of anilines is 3. The van der Waals surface area contributed by atoms with Gasteiger partial charge >= 0.3 is 0 Å². The Morgan fingerprint density at radius 1 is 1.04 bits per heavy atom. The monoisotopic (exact) mass is 646 g/mol. The average Bonchev–Trinajstić information content (AvgIpc) is 3.20. The lowest BCUT2D eigenvalue weighted by atomic mass is 9.73. The minimum Gasteiger partial charge on any atom is -0.475 e. The predicted molar refractivity (Wildman–Crippen MR) is 180 cm³/mol. The summed E-state index contributed by atoms with van der Waals surface area (Å²) in [6.45, 7) is 10.1. The van der Waals surface area contributed by atoms with Gasteiger partial charge in [0.15, 0.2) is 0 Å². The highest BCUT2D eigenvalue weighted by Crippen LogP contribution is 2.51. The molecular weight excluding hydrogens is 607 g/mol. The van der Waals surface area contributed by atoms with E-state index in [0.29, 0.717) is 47.7 Å². The molecule has 4 heterocycles. The molecule has 2 N–H and O–H groups in total. The van der Waals surface area contributed by atoms with Crippen LogP contribution in [0.25, 0.3) is 22.0 Å². The zero-order chi connectivity index (χ0) is 33.0. The minimum atomic E-state index is -3.69. The summed E-state index contributed by atoms with van der Waals surface area (Å²) in [7, 11) is -1.94. The van der Waals surface area contributed by atoms with E-state index in [1.165, 1.54) is 23.9 Å². The van der Waals surface area contributed by atoms with Gasteiger partial charge in [-0.2, -0.15) is 0 Å². The van der Waals surface area contributed by atoms with E-state index in [0.717, 1.165) is 17.5 Å². The molecule has 1 fully saturated rings. The zero-order valence-corrected chi connectivity index (χ0v) is 27.7. The van der Waals surface area contributed by atoms with E-state index in [1.54, 1.807) is 24.2 Å². The van der Waals surface area contributed by atoms with Crippen molar-refractivity contribution in [3.05, 3.63) is 71.8 Å². The van der Waals surface area contributed by atoms with Crippen LogP contribution in [0.15, 0.2) is 54.9 Å². The number of likely N-dealkylation sites (N-methyl/N-ethyl adjacent to an activating group) is 1. The molecule has 1 spiro atoms. The Morgan fingerprint density at radius 3 is 2.41 bits per heavy atom. The third-order valence-corrected chi connectivity index (χ3v) is 9.28. The molecule has 0 unspecified atom stereocenters. The molecule has 242 valence electrons. The molecule has 0 atom stereocenters. The number of hydrogen-bond donors (Lipinski definition) is 2. The van der Waals surface area contributed by atoms with Gasteiger partial charge in [-0.1, -0.05) is 39.8 Å². The van der Waals surface area contributed by atoms with Gasteiger partial charge in [0.25, 0.3) is 0 Å². The second-order valence-corrected chi connectivity index (χ2v) is 14.6. The minimum absolute atomic E-state index is 0.0208. The van der Waals surface area contributed by atoms with Crippen LogP contribution in [0.1, 0.15) is 44.7 Å². The Balaban J connectivity index is 1.39. The van der Waals surface area contributed by atoms with Crippen LogP contribution in [-0.2, 0) is 20.2 Å². The smallest absolute Gasteiger partial charge is 0.241 e. The second kappa shape index (κ2) is 11.8. The number of amides is 1. The number of fused-ring (bicyclic) bond motifs is 4. The quantitative estimate of drug-likeness (QED) is 0.230. The van der Waals surface area contributed by atoms with E-state index in [4.69, 9.17) is 4.74 Å². The van der Waals surface area contributed by atoms with Crippen LogP contribution in [0.5, 0.6) is 5.88 Å². The molecule has 2 aromatic carbocycles. The van der Waals surface area contributed by atoms with Gasteiger partial charge in [0.05, 0.1) is 23.7 Å². The van der Waals surface area contributed by atoms with E-state index < -0.39 is 21.3 Å². The first-order valence-electron chi connectivity index (χ1n) is 15.4. The van der Waals surface area contributed by atoms with E-state index in [9.17, 15) is 13.2 Å². The molecule has 2 aromatic heterocycles. The lowest BCUT2D eigenvalue weighted by Gasteiger charge is -2.48. The molecule has 4 aromatic rings. The Labute approximate surface area is 269 Å². The number of nitrogens with one attached hydrogen (secondary N) is 2. The molecule has 1 saturated heterocycles. The van der Waals surface area contributed by atoms with Gasteiger partial charge in [0.1, 0.15) is 23.5 Å². The number of hydrogen-bond acceptors (Lipinski definition) is 8. The molecule has 2 aliphatic rings. The van der Waals surface area contributed by atoms with Crippen molar-refractivity contribution in [1.82, 2.24) is 15.3 Å². The first-order valence-corrected chi connectivity index (χ1v) is 17.3. The summed E-state index contributed by atoms with van der Waals surface area (Å²) in [5, 5.41) is 3.89. The van der Waals surface area contributed by atoms with Gasteiger partial charge in [-0.15, -0.1) is 0 Å². The largest absolute Gasteiger partial charge is 0.475 e. The predicted octanol–water partition coefficient (Wildman–Crippen LogP) is 5.04. The van der Waals surface area contributed by atoms with Crippen molar-refractivity contribution in [3.63, 3.8) is 0 Å². The Bertz CT molecular complexity index is 1920. The molecule has 1 amide bonds. The zero-order valence-electron chi connectivity index (χ0n) is 26.9. The molecule has 46 heavy (non-hydrogen) atoms. The Hall–Kier alpha value is -4.29. The first kappa shape index (κ1) is 31.7. The lowest BCUT2D eigenvalue weighted by molar-refractivity contribution is -0.123. The average molecular weight is 647 g/mol. The van der Waals surface area contributed by atoms with E-state index >= 15 is 4.39 Å². The maximum Gasteiger partial charge on any atom is 0.241 e. The van der Waals surface area contributed by atoms with Crippen molar-refractivity contribution in [3.8, 4) is 17.0 Å². The Kier molecular flexibility index (Phi) is 8.14. The van der Waals surface area contributed by atoms with Crippen LogP contribution in [0, 0.1) is 5.82 Å². The van der Waals surface area contributed by atoms with Gasteiger partial charge in [-0.05, 0) is 35.7 Å². The molecule has 12 heteroatoms. The number of pyridine rings is 2. The van der Waals surface area contributed by atoms with E-state index in [1.807, 2.05) is 13.8 Å². The number of benzene rings is 2. The summed E-state index contributed by atoms with van der Waals surface area (Å²) in [4.78, 5) is 26.5. The van der Waals surface area contributed by atoms with E-state index in [-0.39, 0.29) is 35.7 Å². The Morgan fingerprint density at radius 2 is 1.76 bits per heavy atom. The number of sulfonamides is 1. The SMILES string of the molecule is CC(C)NCCOc1ncc(-c2cc3c4c(cnc3cc2F)N(C)C(=O)C42CN(c3ccc(C(C)C)cc3)C2)cc1NS(C)(=O)=O. The number of aromatic nitrogens is 2. The first-order chi connectivity index (χ1) is 21.8. The standard InChI is InChI=1S/C34H39FN6O4S/c1-20(2)22-7-9-24(10-8-22)41-18-34(19-41)31-26-14-25(27(35)15-28(26)37-17-30(31)40(5)33(34)42)23-13-29(39-46(6,43)44)32(38-16-23)45-12-11-36-21(3)4/h7-10,13-17,20-21,36,39H,11-12,18-19H2,1-6H3. The highest BCUT2D eigenvalue weighted by atomic mass is 32.2. The topological polar surface area (TPSA) is 117 Å². The normalized spacial score (nSPS) is 15.6.